The Balaban J connectivity index is 1.65. The van der Waals surface area contributed by atoms with Crippen molar-refractivity contribution in [3.8, 4) is 0 Å². The number of carbonyl (C=O) groups excluding carboxylic acids is 3. The summed E-state index contributed by atoms with van der Waals surface area (Å²) in [6.07, 6.45) is 0.373. The first kappa shape index (κ1) is 19.6. The molecule has 3 rings (SSSR count). The van der Waals surface area contributed by atoms with Crippen molar-refractivity contribution in [3.63, 3.8) is 0 Å². The summed E-state index contributed by atoms with van der Waals surface area (Å²) in [5.41, 5.74) is 3.71. The van der Waals surface area contributed by atoms with Crippen LogP contribution in [0.5, 0.6) is 0 Å². The number of carbonyl (C=O) groups is 3. The van der Waals surface area contributed by atoms with E-state index in [0.717, 1.165) is 17.5 Å². The quantitative estimate of drug-likeness (QED) is 0.804. The highest BCUT2D eigenvalue weighted by Crippen LogP contribution is 2.23. The number of nitrogens with one attached hydrogen (secondary N) is 1. The number of aryl methyl sites for hydroxylation is 2. The molecule has 0 unspecified atom stereocenters. The van der Waals surface area contributed by atoms with Gasteiger partial charge in [0.2, 0.25) is 5.91 Å². The molecule has 6 nitrogen and oxygen atoms in total. The van der Waals surface area contributed by atoms with Gasteiger partial charge in [0, 0.05) is 24.3 Å². The molecule has 146 valence electrons. The van der Waals surface area contributed by atoms with Crippen molar-refractivity contribution in [1.29, 1.82) is 0 Å². The third-order valence-electron chi connectivity index (χ3n) is 4.76. The van der Waals surface area contributed by atoms with E-state index in [9.17, 15) is 14.4 Å². The van der Waals surface area contributed by atoms with Crippen molar-refractivity contribution in [2.75, 3.05) is 16.8 Å². The Morgan fingerprint density at radius 3 is 2.61 bits per heavy atom. The molecule has 0 saturated carbocycles. The SMILES string of the molecule is Cc1ccc(NC(=O)[C@@H](C)OC(=O)c2cccc(N3CCCC3=O)c2)c(C)c1. The first-order chi connectivity index (χ1) is 13.3. The molecule has 1 N–H and O–H groups in total. The zero-order valence-electron chi connectivity index (χ0n) is 16.3. The summed E-state index contributed by atoms with van der Waals surface area (Å²) >= 11 is 0. The fourth-order valence-electron chi connectivity index (χ4n) is 3.19. The summed E-state index contributed by atoms with van der Waals surface area (Å²) in [4.78, 5) is 38.4. The molecule has 1 aliphatic rings. The van der Waals surface area contributed by atoms with Crippen LogP contribution in [0.1, 0.15) is 41.3 Å². The summed E-state index contributed by atoms with van der Waals surface area (Å²) in [6, 6.07) is 12.4. The predicted octanol–water partition coefficient (Wildman–Crippen LogP) is 3.61. The fraction of sp³-hybridized carbons (Fsp3) is 0.318. The van der Waals surface area contributed by atoms with Crippen molar-refractivity contribution >= 4 is 29.2 Å². The van der Waals surface area contributed by atoms with Crippen LogP contribution < -0.4 is 10.2 Å². The molecule has 1 aliphatic heterocycles. The second kappa shape index (κ2) is 8.25. The number of ether oxygens (including phenoxy) is 1. The van der Waals surface area contributed by atoms with Crippen LogP contribution >= 0.6 is 0 Å². The van der Waals surface area contributed by atoms with E-state index in [1.807, 2.05) is 32.0 Å². The Labute approximate surface area is 164 Å². The van der Waals surface area contributed by atoms with E-state index in [0.29, 0.717) is 29.9 Å². The van der Waals surface area contributed by atoms with Crippen LogP contribution in [0, 0.1) is 13.8 Å². The summed E-state index contributed by atoms with van der Waals surface area (Å²) in [7, 11) is 0. The van der Waals surface area contributed by atoms with Gasteiger partial charge >= 0.3 is 5.97 Å². The van der Waals surface area contributed by atoms with Gasteiger partial charge in [-0.3, -0.25) is 9.59 Å². The fourth-order valence-corrected chi connectivity index (χ4v) is 3.19. The number of amides is 2. The van der Waals surface area contributed by atoms with Gasteiger partial charge in [-0.1, -0.05) is 23.8 Å². The van der Waals surface area contributed by atoms with Crippen molar-refractivity contribution in [1.82, 2.24) is 0 Å². The van der Waals surface area contributed by atoms with E-state index in [1.54, 1.807) is 29.2 Å². The minimum absolute atomic E-state index is 0.0479. The van der Waals surface area contributed by atoms with E-state index < -0.39 is 18.0 Å². The lowest BCUT2D eigenvalue weighted by Gasteiger charge is -2.17. The van der Waals surface area contributed by atoms with Gasteiger partial charge in [-0.25, -0.2) is 4.79 Å². The van der Waals surface area contributed by atoms with Gasteiger partial charge in [-0.2, -0.15) is 0 Å². The molecule has 6 heteroatoms. The molecule has 1 heterocycles. The number of benzene rings is 2. The summed E-state index contributed by atoms with van der Waals surface area (Å²) in [6.45, 7) is 6.06. The van der Waals surface area contributed by atoms with E-state index in [1.165, 1.54) is 6.92 Å². The second-order valence-electron chi connectivity index (χ2n) is 7.05. The minimum Gasteiger partial charge on any atom is -0.449 e. The van der Waals surface area contributed by atoms with Gasteiger partial charge in [-0.15, -0.1) is 0 Å². The molecule has 0 spiro atoms. The maximum absolute atomic E-state index is 12.5. The van der Waals surface area contributed by atoms with Crippen LogP contribution in [-0.2, 0) is 14.3 Å². The first-order valence-electron chi connectivity index (χ1n) is 9.34. The van der Waals surface area contributed by atoms with Crippen LogP contribution in [0.3, 0.4) is 0 Å². The normalized spacial score (nSPS) is 14.7. The highest BCUT2D eigenvalue weighted by molar-refractivity contribution is 5.99. The summed E-state index contributed by atoms with van der Waals surface area (Å²) in [5, 5.41) is 2.79. The van der Waals surface area contributed by atoms with E-state index >= 15 is 0 Å². The summed E-state index contributed by atoms with van der Waals surface area (Å²) < 4.78 is 5.32. The molecule has 1 atom stereocenters. The standard InChI is InChI=1S/C22H24N2O4/c1-14-9-10-19(15(2)12-14)23-21(26)16(3)28-22(27)17-6-4-7-18(13-17)24-11-5-8-20(24)25/h4,6-7,9-10,12-13,16H,5,8,11H2,1-3H3,(H,23,26)/t16-/m1/s1. The highest BCUT2D eigenvalue weighted by Gasteiger charge is 2.24. The smallest absolute Gasteiger partial charge is 0.338 e. The maximum atomic E-state index is 12.5. The predicted molar refractivity (Wildman–Crippen MR) is 107 cm³/mol. The lowest BCUT2D eigenvalue weighted by atomic mass is 10.1. The van der Waals surface area contributed by atoms with Crippen LogP contribution in [0.15, 0.2) is 42.5 Å². The number of hydrogen-bond acceptors (Lipinski definition) is 4. The van der Waals surface area contributed by atoms with Crippen LogP contribution in [0.25, 0.3) is 0 Å². The Hall–Kier alpha value is -3.15. The first-order valence-corrected chi connectivity index (χ1v) is 9.34. The number of rotatable bonds is 5. The van der Waals surface area contributed by atoms with E-state index in [4.69, 9.17) is 4.74 Å². The molecular formula is C22H24N2O4. The zero-order chi connectivity index (χ0) is 20.3. The molecule has 0 radical (unpaired) electrons. The van der Waals surface area contributed by atoms with Crippen molar-refractivity contribution in [3.05, 3.63) is 59.2 Å². The largest absolute Gasteiger partial charge is 0.449 e. The Kier molecular flexibility index (Phi) is 5.78. The van der Waals surface area contributed by atoms with Crippen LogP contribution in [-0.4, -0.2) is 30.4 Å². The lowest BCUT2D eigenvalue weighted by Crippen LogP contribution is -2.30. The van der Waals surface area contributed by atoms with Gasteiger partial charge < -0.3 is 15.0 Å². The molecular weight excluding hydrogens is 356 g/mol. The van der Waals surface area contributed by atoms with Gasteiger partial charge in [0.15, 0.2) is 6.10 Å². The van der Waals surface area contributed by atoms with Gasteiger partial charge in [-0.05, 0) is 57.0 Å². The molecule has 0 aromatic heterocycles. The van der Waals surface area contributed by atoms with Gasteiger partial charge in [0.25, 0.3) is 5.91 Å². The highest BCUT2D eigenvalue weighted by atomic mass is 16.5. The molecule has 2 aromatic rings. The van der Waals surface area contributed by atoms with Gasteiger partial charge in [0.1, 0.15) is 0 Å². The molecule has 1 fully saturated rings. The van der Waals surface area contributed by atoms with E-state index in [-0.39, 0.29) is 5.91 Å². The van der Waals surface area contributed by atoms with Crippen LogP contribution in [0.4, 0.5) is 11.4 Å². The topological polar surface area (TPSA) is 75.7 Å². The maximum Gasteiger partial charge on any atom is 0.338 e. The summed E-state index contributed by atoms with van der Waals surface area (Å²) in [5.74, 6) is -0.949. The molecule has 2 aromatic carbocycles. The number of anilines is 2. The monoisotopic (exact) mass is 380 g/mol. The molecule has 0 aliphatic carbocycles. The third kappa shape index (κ3) is 4.39. The lowest BCUT2D eigenvalue weighted by molar-refractivity contribution is -0.123. The second-order valence-corrected chi connectivity index (χ2v) is 7.05. The molecule has 1 saturated heterocycles. The number of esters is 1. The average Bonchev–Trinajstić information content (AvgIpc) is 3.10. The van der Waals surface area contributed by atoms with E-state index in [2.05, 4.69) is 5.32 Å². The van der Waals surface area contributed by atoms with Crippen molar-refractivity contribution < 1.29 is 19.1 Å². The van der Waals surface area contributed by atoms with Gasteiger partial charge in [0.05, 0.1) is 5.56 Å². The Morgan fingerprint density at radius 1 is 1.14 bits per heavy atom. The third-order valence-corrected chi connectivity index (χ3v) is 4.76. The Morgan fingerprint density at radius 2 is 1.93 bits per heavy atom. The molecule has 28 heavy (non-hydrogen) atoms. The minimum atomic E-state index is -0.953. The van der Waals surface area contributed by atoms with Crippen molar-refractivity contribution in [2.24, 2.45) is 0 Å². The number of hydrogen-bond donors (Lipinski definition) is 1. The molecule has 2 amide bonds. The number of nitrogens with zero attached hydrogens (tertiary/aromatic N) is 1. The Bertz CT molecular complexity index is 923. The zero-order valence-corrected chi connectivity index (χ0v) is 16.3. The van der Waals surface area contributed by atoms with Crippen LogP contribution in [0.2, 0.25) is 0 Å². The molecule has 0 bridgehead atoms. The van der Waals surface area contributed by atoms with Crippen molar-refractivity contribution in [2.45, 2.75) is 39.7 Å². The average molecular weight is 380 g/mol.